The molecule has 2 aromatic rings. The second kappa shape index (κ2) is 9.10. The van der Waals surface area contributed by atoms with Gasteiger partial charge < -0.3 is 4.90 Å². The van der Waals surface area contributed by atoms with Crippen molar-refractivity contribution in [3.63, 3.8) is 0 Å². The molecule has 0 spiro atoms. The molecule has 1 fully saturated rings. The summed E-state index contributed by atoms with van der Waals surface area (Å²) in [5.74, 6) is 0.294. The molecule has 0 radical (unpaired) electrons. The number of anilines is 1. The number of piperazine rings is 1. The first-order valence-electron chi connectivity index (χ1n) is 11.2. The van der Waals surface area contributed by atoms with Crippen molar-refractivity contribution in [1.29, 1.82) is 0 Å². The third-order valence-electron chi connectivity index (χ3n) is 6.26. The van der Waals surface area contributed by atoms with E-state index in [4.69, 9.17) is 0 Å². The predicted molar refractivity (Wildman–Crippen MR) is 122 cm³/mol. The largest absolute Gasteiger partial charge is 0.365 e. The Morgan fingerprint density at radius 3 is 2.68 bits per heavy atom. The van der Waals surface area contributed by atoms with Crippen LogP contribution in [0.4, 0.5) is 5.69 Å². The van der Waals surface area contributed by atoms with Crippen molar-refractivity contribution in [2.24, 2.45) is 0 Å². The molecule has 0 bridgehead atoms. The van der Waals surface area contributed by atoms with Gasteiger partial charge >= 0.3 is 0 Å². The number of Topliss-reactive ketones (excluding diaryl/α,β-unsaturated/α-hetero) is 2. The van der Waals surface area contributed by atoms with Crippen LogP contribution in [0.3, 0.4) is 0 Å². The summed E-state index contributed by atoms with van der Waals surface area (Å²) in [6.07, 6.45) is 7.41. The van der Waals surface area contributed by atoms with Crippen molar-refractivity contribution >= 4 is 23.3 Å². The number of ketones is 2. The number of nitrogens with zero attached hydrogens (tertiary/aromatic N) is 4. The monoisotopic (exact) mass is 418 g/mol. The van der Waals surface area contributed by atoms with Gasteiger partial charge in [-0.3, -0.25) is 24.5 Å². The molecule has 31 heavy (non-hydrogen) atoms. The van der Waals surface area contributed by atoms with Crippen LogP contribution in [0.2, 0.25) is 0 Å². The van der Waals surface area contributed by atoms with E-state index >= 15 is 0 Å². The van der Waals surface area contributed by atoms with Gasteiger partial charge in [-0.15, -0.1) is 0 Å². The summed E-state index contributed by atoms with van der Waals surface area (Å²) >= 11 is 0. The number of aromatic nitrogens is 2. The summed E-state index contributed by atoms with van der Waals surface area (Å²) in [5, 5.41) is 0. The van der Waals surface area contributed by atoms with E-state index < -0.39 is 0 Å². The van der Waals surface area contributed by atoms with Gasteiger partial charge in [-0.2, -0.15) is 0 Å². The van der Waals surface area contributed by atoms with Crippen molar-refractivity contribution in [2.75, 3.05) is 24.5 Å². The fourth-order valence-electron chi connectivity index (χ4n) is 4.48. The lowest BCUT2D eigenvalue weighted by Gasteiger charge is -2.41. The van der Waals surface area contributed by atoms with E-state index in [9.17, 15) is 9.59 Å². The molecular formula is C25H30N4O2. The highest BCUT2D eigenvalue weighted by Crippen LogP contribution is 2.25. The molecule has 0 amide bonds. The number of carbonyl (C=O) groups excluding carboxylic acids is 2. The fraction of sp³-hybridized carbons (Fsp3) is 0.440. The predicted octanol–water partition coefficient (Wildman–Crippen LogP) is 3.70. The van der Waals surface area contributed by atoms with Crippen molar-refractivity contribution in [3.05, 3.63) is 58.7 Å². The van der Waals surface area contributed by atoms with E-state index in [1.165, 1.54) is 0 Å². The molecule has 0 unspecified atom stereocenters. The van der Waals surface area contributed by atoms with E-state index in [0.717, 1.165) is 60.7 Å². The van der Waals surface area contributed by atoms with Crippen molar-refractivity contribution in [3.8, 4) is 0 Å². The number of fused-ring (bicyclic) bond motifs is 1. The Bertz CT molecular complexity index is 1010. The number of hydrogen-bond donors (Lipinski definition) is 0. The van der Waals surface area contributed by atoms with E-state index in [2.05, 4.69) is 32.8 Å². The van der Waals surface area contributed by atoms with Crippen molar-refractivity contribution < 1.29 is 9.59 Å². The lowest BCUT2D eigenvalue weighted by molar-refractivity contribution is -0.115. The van der Waals surface area contributed by atoms with Gasteiger partial charge in [-0.25, -0.2) is 0 Å². The lowest BCUT2D eigenvalue weighted by Crippen LogP contribution is -2.51. The zero-order valence-electron chi connectivity index (χ0n) is 18.6. The summed E-state index contributed by atoms with van der Waals surface area (Å²) in [5.41, 5.74) is 5.61. The summed E-state index contributed by atoms with van der Waals surface area (Å²) in [7, 11) is 0. The topological polar surface area (TPSA) is 66.4 Å². The molecular weight excluding hydrogens is 388 g/mol. The molecule has 0 saturated carbocycles. The number of pyridine rings is 2. The maximum Gasteiger partial charge on any atom is 0.180 e. The number of rotatable bonds is 6. The molecule has 2 aromatic heterocycles. The normalized spacial score (nSPS) is 19.2. The minimum atomic E-state index is 0.0752. The number of hydrogen-bond acceptors (Lipinski definition) is 6. The minimum Gasteiger partial charge on any atom is -0.365 e. The van der Waals surface area contributed by atoms with Gasteiger partial charge in [0.25, 0.3) is 0 Å². The summed E-state index contributed by atoms with van der Waals surface area (Å²) in [4.78, 5) is 37.8. The second-order valence-corrected chi connectivity index (χ2v) is 8.47. The summed E-state index contributed by atoms with van der Waals surface area (Å²) < 4.78 is 0. The molecule has 3 heterocycles. The van der Waals surface area contributed by atoms with E-state index in [1.54, 1.807) is 0 Å². The highest BCUT2D eigenvalue weighted by Gasteiger charge is 2.25. The van der Waals surface area contributed by atoms with E-state index in [1.807, 2.05) is 44.4 Å². The molecule has 0 N–H and O–H groups in total. The van der Waals surface area contributed by atoms with E-state index in [0.29, 0.717) is 24.6 Å². The van der Waals surface area contributed by atoms with Crippen LogP contribution >= 0.6 is 0 Å². The Kier molecular flexibility index (Phi) is 6.28. The molecule has 0 aromatic carbocycles. The van der Waals surface area contributed by atoms with Crippen LogP contribution in [-0.2, 0) is 17.8 Å². The van der Waals surface area contributed by atoms with Gasteiger partial charge in [0.1, 0.15) is 5.69 Å². The molecule has 1 aliphatic heterocycles. The fourth-order valence-corrected chi connectivity index (χ4v) is 4.48. The third kappa shape index (κ3) is 4.59. The zero-order chi connectivity index (χ0) is 22.0. The first-order valence-corrected chi connectivity index (χ1v) is 11.2. The van der Waals surface area contributed by atoms with Crippen molar-refractivity contribution in [1.82, 2.24) is 14.9 Å². The SMILES string of the molecule is CCC(=O)c1ccc(N2CCN(Cc3cnc4c(c3)CC(=O)C(CC)=C4)C[C@H]2C)cn1. The maximum absolute atomic E-state index is 12.2. The van der Waals surface area contributed by atoms with Gasteiger partial charge in [0.15, 0.2) is 11.6 Å². The molecule has 2 aliphatic rings. The molecule has 1 aliphatic carbocycles. The minimum absolute atomic E-state index is 0.0752. The third-order valence-corrected chi connectivity index (χ3v) is 6.26. The molecule has 1 atom stereocenters. The van der Waals surface area contributed by atoms with Crippen LogP contribution in [-0.4, -0.2) is 52.1 Å². The second-order valence-electron chi connectivity index (χ2n) is 8.47. The van der Waals surface area contributed by atoms with Crippen molar-refractivity contribution in [2.45, 2.75) is 52.6 Å². The lowest BCUT2D eigenvalue weighted by atomic mass is 9.92. The standard InChI is InChI=1S/C25H30N4O2/c1-4-19-11-23-20(12-25(19)31)10-18(13-26-23)16-28-8-9-29(17(3)15-28)21-6-7-22(27-14-21)24(30)5-2/h6-7,10-11,13-14,17H,4-5,8-9,12,15-16H2,1-3H3/t17-/m1/s1. The average molecular weight is 419 g/mol. The Morgan fingerprint density at radius 1 is 1.16 bits per heavy atom. The Balaban J connectivity index is 1.40. The quantitative estimate of drug-likeness (QED) is 0.667. The van der Waals surface area contributed by atoms with Crippen LogP contribution in [0.5, 0.6) is 0 Å². The maximum atomic E-state index is 12.2. The smallest absolute Gasteiger partial charge is 0.180 e. The molecule has 162 valence electrons. The van der Waals surface area contributed by atoms with Gasteiger partial charge in [0.2, 0.25) is 0 Å². The Morgan fingerprint density at radius 2 is 2.00 bits per heavy atom. The summed E-state index contributed by atoms with van der Waals surface area (Å²) in [6.45, 7) is 9.70. The molecule has 6 nitrogen and oxygen atoms in total. The van der Waals surface area contributed by atoms with Crippen LogP contribution in [0.15, 0.2) is 36.2 Å². The number of carbonyl (C=O) groups is 2. The highest BCUT2D eigenvalue weighted by atomic mass is 16.1. The van der Waals surface area contributed by atoms with Gasteiger partial charge in [0.05, 0.1) is 17.6 Å². The first-order chi connectivity index (χ1) is 15.0. The number of allylic oxidation sites excluding steroid dienone is 1. The van der Waals surface area contributed by atoms with Gasteiger partial charge in [-0.1, -0.05) is 19.9 Å². The van der Waals surface area contributed by atoms with Crippen LogP contribution < -0.4 is 4.90 Å². The highest BCUT2D eigenvalue weighted by molar-refractivity contribution is 6.03. The summed E-state index contributed by atoms with van der Waals surface area (Å²) in [6, 6.07) is 6.32. The van der Waals surface area contributed by atoms with Gasteiger partial charge in [0, 0.05) is 51.3 Å². The van der Waals surface area contributed by atoms with Crippen LogP contribution in [0, 0.1) is 0 Å². The van der Waals surface area contributed by atoms with Crippen LogP contribution in [0.25, 0.3) is 6.08 Å². The average Bonchev–Trinajstić information content (AvgIpc) is 2.78. The molecule has 1 saturated heterocycles. The molecule has 4 rings (SSSR count). The molecule has 6 heteroatoms. The Hall–Kier alpha value is -2.86. The van der Waals surface area contributed by atoms with E-state index in [-0.39, 0.29) is 11.6 Å². The Labute approximate surface area is 184 Å². The van der Waals surface area contributed by atoms with Gasteiger partial charge in [-0.05, 0) is 48.3 Å². The zero-order valence-corrected chi connectivity index (χ0v) is 18.6. The first kappa shape index (κ1) is 21.4. The van der Waals surface area contributed by atoms with Crippen LogP contribution in [0.1, 0.15) is 60.9 Å².